The third-order valence-electron chi connectivity index (χ3n) is 2.81. The molecule has 1 aliphatic rings. The van der Waals surface area contributed by atoms with Gasteiger partial charge in [-0.15, -0.1) is 0 Å². The summed E-state index contributed by atoms with van der Waals surface area (Å²) < 4.78 is 43.3. The number of rotatable bonds is 2. The van der Waals surface area contributed by atoms with E-state index in [1.807, 2.05) is 0 Å². The van der Waals surface area contributed by atoms with E-state index < -0.39 is 11.7 Å². The minimum Gasteiger partial charge on any atom is -0.474 e. The minimum atomic E-state index is -4.47. The molecule has 1 aliphatic carbocycles. The molecule has 1 aromatic heterocycles. The number of hydrogen-bond donors (Lipinski definition) is 0. The van der Waals surface area contributed by atoms with Crippen LogP contribution in [0, 0.1) is 0 Å². The maximum absolute atomic E-state index is 12.6. The van der Waals surface area contributed by atoms with Gasteiger partial charge in [0.2, 0.25) is 5.88 Å². The summed E-state index contributed by atoms with van der Waals surface area (Å²) >= 11 is 0. The second-order valence-corrected chi connectivity index (χ2v) is 4.12. The Morgan fingerprint density at radius 3 is 2.53 bits per heavy atom. The van der Waals surface area contributed by atoms with Crippen molar-refractivity contribution in [3.05, 3.63) is 18.1 Å². The Labute approximate surface area is 97.0 Å². The molecule has 0 amide bonds. The average molecular weight is 246 g/mol. The molecule has 0 N–H and O–H groups in total. The number of aromatic nitrogens is 2. The van der Waals surface area contributed by atoms with Gasteiger partial charge in [-0.25, -0.2) is 9.97 Å². The summed E-state index contributed by atoms with van der Waals surface area (Å²) in [5.41, 5.74) is -0.898. The SMILES string of the molecule is FC(F)(F)c1cncnc1OC1CCCCC1. The molecule has 0 spiro atoms. The van der Waals surface area contributed by atoms with E-state index in [2.05, 4.69) is 9.97 Å². The number of hydrogen-bond acceptors (Lipinski definition) is 3. The van der Waals surface area contributed by atoms with Gasteiger partial charge in [-0.2, -0.15) is 13.2 Å². The molecule has 17 heavy (non-hydrogen) atoms. The lowest BCUT2D eigenvalue weighted by Crippen LogP contribution is -2.22. The molecule has 0 radical (unpaired) electrons. The Balaban J connectivity index is 2.14. The van der Waals surface area contributed by atoms with Crippen molar-refractivity contribution < 1.29 is 17.9 Å². The van der Waals surface area contributed by atoms with Crippen molar-refractivity contribution >= 4 is 0 Å². The zero-order valence-electron chi connectivity index (χ0n) is 9.20. The molecule has 3 nitrogen and oxygen atoms in total. The topological polar surface area (TPSA) is 35.0 Å². The van der Waals surface area contributed by atoms with Gasteiger partial charge in [0.05, 0.1) is 0 Å². The van der Waals surface area contributed by atoms with Crippen LogP contribution in [0.25, 0.3) is 0 Å². The van der Waals surface area contributed by atoms with Crippen LogP contribution in [0.5, 0.6) is 5.88 Å². The Morgan fingerprint density at radius 1 is 1.18 bits per heavy atom. The van der Waals surface area contributed by atoms with Gasteiger partial charge in [-0.05, 0) is 25.7 Å². The summed E-state index contributed by atoms with van der Waals surface area (Å²) in [6.07, 6.45) is 1.91. The fourth-order valence-electron chi connectivity index (χ4n) is 1.95. The van der Waals surface area contributed by atoms with Crippen LogP contribution in [0.15, 0.2) is 12.5 Å². The minimum absolute atomic E-state index is 0.153. The quantitative estimate of drug-likeness (QED) is 0.803. The molecule has 1 heterocycles. The van der Waals surface area contributed by atoms with Crippen LogP contribution in [0.1, 0.15) is 37.7 Å². The van der Waals surface area contributed by atoms with Gasteiger partial charge in [-0.1, -0.05) is 6.42 Å². The van der Waals surface area contributed by atoms with Crippen molar-refractivity contribution in [3.8, 4) is 5.88 Å². The highest BCUT2D eigenvalue weighted by Gasteiger charge is 2.36. The van der Waals surface area contributed by atoms with Crippen molar-refractivity contribution in [1.82, 2.24) is 9.97 Å². The third kappa shape index (κ3) is 3.08. The number of halogens is 3. The van der Waals surface area contributed by atoms with Gasteiger partial charge in [0, 0.05) is 6.20 Å². The highest BCUT2D eigenvalue weighted by atomic mass is 19.4. The molecule has 6 heteroatoms. The lowest BCUT2D eigenvalue weighted by molar-refractivity contribution is -0.140. The van der Waals surface area contributed by atoms with E-state index in [9.17, 15) is 13.2 Å². The van der Waals surface area contributed by atoms with Gasteiger partial charge < -0.3 is 4.74 Å². The van der Waals surface area contributed by atoms with Gasteiger partial charge in [0.25, 0.3) is 0 Å². The van der Waals surface area contributed by atoms with Crippen LogP contribution >= 0.6 is 0 Å². The zero-order valence-corrected chi connectivity index (χ0v) is 9.20. The van der Waals surface area contributed by atoms with Crippen LogP contribution in [0.3, 0.4) is 0 Å². The van der Waals surface area contributed by atoms with E-state index in [4.69, 9.17) is 4.74 Å². The first-order valence-electron chi connectivity index (χ1n) is 5.61. The predicted molar refractivity (Wildman–Crippen MR) is 54.5 cm³/mol. The highest BCUT2D eigenvalue weighted by molar-refractivity contribution is 5.25. The summed E-state index contributed by atoms with van der Waals surface area (Å²) in [5.74, 6) is -0.348. The number of alkyl halides is 3. The van der Waals surface area contributed by atoms with Crippen LogP contribution < -0.4 is 4.74 Å². The van der Waals surface area contributed by atoms with Crippen molar-refractivity contribution in [3.63, 3.8) is 0 Å². The lowest BCUT2D eigenvalue weighted by atomic mass is 9.98. The molecule has 1 fully saturated rings. The maximum atomic E-state index is 12.6. The first-order chi connectivity index (χ1) is 8.07. The van der Waals surface area contributed by atoms with Crippen LogP contribution in [-0.4, -0.2) is 16.1 Å². The second kappa shape index (κ2) is 4.89. The first-order valence-corrected chi connectivity index (χ1v) is 5.61. The van der Waals surface area contributed by atoms with Crippen LogP contribution in [0.2, 0.25) is 0 Å². The van der Waals surface area contributed by atoms with E-state index in [1.54, 1.807) is 0 Å². The molecule has 1 saturated carbocycles. The zero-order chi connectivity index (χ0) is 12.3. The standard InChI is InChI=1S/C11H13F3N2O/c12-11(13,14)9-6-15-7-16-10(9)17-8-4-2-1-3-5-8/h6-8H,1-5H2. The highest BCUT2D eigenvalue weighted by Crippen LogP contribution is 2.35. The molecule has 0 aromatic carbocycles. The largest absolute Gasteiger partial charge is 0.474 e. The molecule has 0 unspecified atom stereocenters. The Kier molecular flexibility index (Phi) is 3.49. The van der Waals surface area contributed by atoms with Gasteiger partial charge in [0.1, 0.15) is 18.0 Å². The van der Waals surface area contributed by atoms with Crippen molar-refractivity contribution in [2.24, 2.45) is 0 Å². The van der Waals surface area contributed by atoms with Crippen LogP contribution in [-0.2, 0) is 6.18 Å². The first kappa shape index (κ1) is 12.1. The van der Waals surface area contributed by atoms with Crippen molar-refractivity contribution in [1.29, 1.82) is 0 Å². The predicted octanol–water partition coefficient (Wildman–Crippen LogP) is 3.21. The van der Waals surface area contributed by atoms with Crippen LogP contribution in [0.4, 0.5) is 13.2 Å². The monoisotopic (exact) mass is 246 g/mol. The second-order valence-electron chi connectivity index (χ2n) is 4.12. The van der Waals surface area contributed by atoms with E-state index >= 15 is 0 Å². The van der Waals surface area contributed by atoms with Crippen molar-refractivity contribution in [2.45, 2.75) is 44.4 Å². The van der Waals surface area contributed by atoms with E-state index in [0.29, 0.717) is 0 Å². The van der Waals surface area contributed by atoms with Gasteiger partial charge in [0.15, 0.2) is 0 Å². The molecule has 1 aromatic rings. The normalized spacial score (nSPS) is 18.1. The molecule has 0 aliphatic heterocycles. The number of nitrogens with zero attached hydrogens (tertiary/aromatic N) is 2. The molecular formula is C11H13F3N2O. The number of ether oxygens (including phenoxy) is 1. The molecule has 2 rings (SSSR count). The Bertz CT molecular complexity index is 375. The third-order valence-corrected chi connectivity index (χ3v) is 2.81. The average Bonchev–Trinajstić information content (AvgIpc) is 2.30. The van der Waals surface area contributed by atoms with E-state index in [1.165, 1.54) is 0 Å². The molecule has 0 atom stereocenters. The summed E-state index contributed by atoms with van der Waals surface area (Å²) in [7, 11) is 0. The molecule has 0 bridgehead atoms. The Morgan fingerprint density at radius 2 is 1.88 bits per heavy atom. The molecular weight excluding hydrogens is 233 g/mol. The molecule has 94 valence electrons. The van der Waals surface area contributed by atoms with E-state index in [-0.39, 0.29) is 12.0 Å². The van der Waals surface area contributed by atoms with Gasteiger partial charge in [-0.3, -0.25) is 0 Å². The summed E-state index contributed by atoms with van der Waals surface area (Å²) in [5, 5.41) is 0. The molecule has 0 saturated heterocycles. The summed E-state index contributed by atoms with van der Waals surface area (Å²) in [4.78, 5) is 6.98. The van der Waals surface area contributed by atoms with Crippen molar-refractivity contribution in [2.75, 3.05) is 0 Å². The summed E-state index contributed by atoms with van der Waals surface area (Å²) in [6, 6.07) is 0. The Hall–Kier alpha value is -1.33. The lowest BCUT2D eigenvalue weighted by Gasteiger charge is -2.23. The van der Waals surface area contributed by atoms with Gasteiger partial charge >= 0.3 is 6.18 Å². The maximum Gasteiger partial charge on any atom is 0.423 e. The fourth-order valence-corrected chi connectivity index (χ4v) is 1.95. The van der Waals surface area contributed by atoms with E-state index in [0.717, 1.165) is 44.6 Å². The summed E-state index contributed by atoms with van der Waals surface area (Å²) in [6.45, 7) is 0. The fraction of sp³-hybridized carbons (Fsp3) is 0.636. The smallest absolute Gasteiger partial charge is 0.423 e.